The lowest BCUT2D eigenvalue weighted by molar-refractivity contribution is 0.0945. The van der Waals surface area contributed by atoms with Crippen LogP contribution >= 0.6 is 11.6 Å². The van der Waals surface area contributed by atoms with Crippen LogP contribution in [0, 0.1) is 11.8 Å². The molecule has 1 rings (SSSR count). The lowest BCUT2D eigenvalue weighted by Gasteiger charge is -2.17. The second kappa shape index (κ2) is 7.06. The van der Waals surface area contributed by atoms with Gasteiger partial charge < -0.3 is 5.73 Å². The fourth-order valence-electron chi connectivity index (χ4n) is 2.28. The fourth-order valence-corrected chi connectivity index (χ4v) is 2.52. The highest BCUT2D eigenvalue weighted by Gasteiger charge is 2.22. The Kier molecular flexibility index (Phi) is 6.01. The van der Waals surface area contributed by atoms with Crippen LogP contribution in [0.25, 0.3) is 0 Å². The Bertz CT molecular complexity index is 426. The Morgan fingerprint density at radius 2 is 2.05 bits per heavy atom. The Morgan fingerprint density at radius 3 is 2.53 bits per heavy atom. The summed E-state index contributed by atoms with van der Waals surface area (Å²) < 4.78 is 1.69. The van der Waals surface area contributed by atoms with Gasteiger partial charge in [-0.25, -0.2) is 0 Å². The third-order valence-corrected chi connectivity index (χ3v) is 3.39. The predicted molar refractivity (Wildman–Crippen MR) is 78.6 cm³/mol. The number of nitrogens with two attached hydrogens (primary N) is 1. The van der Waals surface area contributed by atoms with Crippen LogP contribution in [-0.2, 0) is 0 Å². The van der Waals surface area contributed by atoms with Crippen LogP contribution in [0.2, 0.25) is 5.02 Å². The normalized spacial score (nSPS) is 13.3. The standard InChI is InChI=1S/C14H24ClN3O/c1-9(2)5-11(7-16)6-13(19)14-12(15)8-17-18(14)10(3)4/h8-11H,5-7,16H2,1-4H3. The first-order valence-electron chi connectivity index (χ1n) is 6.83. The van der Waals surface area contributed by atoms with Crippen LogP contribution in [0.1, 0.15) is 57.1 Å². The molecule has 5 heteroatoms. The molecule has 108 valence electrons. The van der Waals surface area contributed by atoms with Gasteiger partial charge in [-0.1, -0.05) is 25.4 Å². The summed E-state index contributed by atoms with van der Waals surface area (Å²) in [4.78, 5) is 12.4. The average molecular weight is 286 g/mol. The average Bonchev–Trinajstić information content (AvgIpc) is 2.69. The summed E-state index contributed by atoms with van der Waals surface area (Å²) in [6.07, 6.45) is 2.93. The second-order valence-corrected chi connectivity index (χ2v) is 6.15. The molecule has 1 atom stereocenters. The molecule has 0 fully saturated rings. The zero-order chi connectivity index (χ0) is 14.6. The number of ketones is 1. The first-order chi connectivity index (χ1) is 8.86. The van der Waals surface area contributed by atoms with E-state index in [0.29, 0.717) is 29.6 Å². The molecule has 0 aliphatic carbocycles. The quantitative estimate of drug-likeness (QED) is 0.782. The molecule has 0 bridgehead atoms. The zero-order valence-corrected chi connectivity index (χ0v) is 12.9. The lowest BCUT2D eigenvalue weighted by Crippen LogP contribution is -2.22. The minimum Gasteiger partial charge on any atom is -0.330 e. The molecular weight excluding hydrogens is 262 g/mol. The Balaban J connectivity index is 2.85. The zero-order valence-electron chi connectivity index (χ0n) is 12.2. The monoisotopic (exact) mass is 285 g/mol. The molecule has 19 heavy (non-hydrogen) atoms. The van der Waals surface area contributed by atoms with Gasteiger partial charge in [0, 0.05) is 12.5 Å². The van der Waals surface area contributed by atoms with Crippen molar-refractivity contribution in [3.63, 3.8) is 0 Å². The van der Waals surface area contributed by atoms with Crippen LogP contribution in [-0.4, -0.2) is 22.1 Å². The van der Waals surface area contributed by atoms with Crippen molar-refractivity contribution < 1.29 is 4.79 Å². The van der Waals surface area contributed by atoms with Gasteiger partial charge in [-0.15, -0.1) is 0 Å². The van der Waals surface area contributed by atoms with Gasteiger partial charge in [0.05, 0.1) is 11.2 Å². The lowest BCUT2D eigenvalue weighted by atomic mass is 9.92. The number of halogens is 1. The fraction of sp³-hybridized carbons (Fsp3) is 0.714. The number of rotatable bonds is 7. The number of carbonyl (C=O) groups excluding carboxylic acids is 1. The molecule has 0 aliphatic rings. The number of hydrogen-bond donors (Lipinski definition) is 1. The topological polar surface area (TPSA) is 60.9 Å². The minimum absolute atomic E-state index is 0.0345. The Hall–Kier alpha value is -0.870. The number of Topliss-reactive ketones (excluding diaryl/α,β-unsaturated/α-hetero) is 1. The molecule has 0 amide bonds. The van der Waals surface area contributed by atoms with E-state index in [-0.39, 0.29) is 17.7 Å². The minimum atomic E-state index is 0.0345. The van der Waals surface area contributed by atoms with Gasteiger partial charge in [0.15, 0.2) is 5.78 Å². The maximum atomic E-state index is 12.4. The van der Waals surface area contributed by atoms with Gasteiger partial charge in [-0.2, -0.15) is 5.10 Å². The number of carbonyl (C=O) groups is 1. The summed E-state index contributed by atoms with van der Waals surface area (Å²) >= 11 is 6.08. The molecule has 0 radical (unpaired) electrons. The van der Waals surface area contributed by atoms with E-state index >= 15 is 0 Å². The van der Waals surface area contributed by atoms with Crippen molar-refractivity contribution >= 4 is 17.4 Å². The van der Waals surface area contributed by atoms with E-state index in [2.05, 4.69) is 18.9 Å². The van der Waals surface area contributed by atoms with Gasteiger partial charge in [-0.3, -0.25) is 9.48 Å². The largest absolute Gasteiger partial charge is 0.330 e. The smallest absolute Gasteiger partial charge is 0.182 e. The van der Waals surface area contributed by atoms with Crippen LogP contribution < -0.4 is 5.73 Å². The van der Waals surface area contributed by atoms with E-state index in [1.54, 1.807) is 4.68 Å². The van der Waals surface area contributed by atoms with Gasteiger partial charge >= 0.3 is 0 Å². The summed E-state index contributed by atoms with van der Waals surface area (Å²) in [6.45, 7) is 8.76. The van der Waals surface area contributed by atoms with E-state index < -0.39 is 0 Å². The summed E-state index contributed by atoms with van der Waals surface area (Å²) in [5, 5.41) is 4.59. The van der Waals surface area contributed by atoms with Crippen LogP contribution in [0.5, 0.6) is 0 Å². The second-order valence-electron chi connectivity index (χ2n) is 5.74. The van der Waals surface area contributed by atoms with Crippen LogP contribution in [0.3, 0.4) is 0 Å². The molecule has 1 unspecified atom stereocenters. The predicted octanol–water partition coefficient (Wildman–Crippen LogP) is 3.31. The van der Waals surface area contributed by atoms with E-state index in [4.69, 9.17) is 17.3 Å². The van der Waals surface area contributed by atoms with Crippen molar-refractivity contribution in [3.8, 4) is 0 Å². The van der Waals surface area contributed by atoms with Gasteiger partial charge in [0.25, 0.3) is 0 Å². The number of hydrogen-bond acceptors (Lipinski definition) is 3. The van der Waals surface area contributed by atoms with Crippen LogP contribution in [0.4, 0.5) is 0 Å². The number of nitrogens with zero attached hydrogens (tertiary/aromatic N) is 2. The summed E-state index contributed by atoms with van der Waals surface area (Å²) in [7, 11) is 0. The van der Waals surface area contributed by atoms with Crippen molar-refractivity contribution in [2.75, 3.05) is 6.54 Å². The van der Waals surface area contributed by atoms with E-state index in [1.165, 1.54) is 6.20 Å². The molecule has 0 aromatic carbocycles. The van der Waals surface area contributed by atoms with Crippen LogP contribution in [0.15, 0.2) is 6.20 Å². The van der Waals surface area contributed by atoms with Gasteiger partial charge in [-0.05, 0) is 38.6 Å². The van der Waals surface area contributed by atoms with E-state index in [1.807, 2.05) is 13.8 Å². The molecule has 0 spiro atoms. The summed E-state index contributed by atoms with van der Waals surface area (Å²) in [5.74, 6) is 0.776. The molecular formula is C14H24ClN3O. The highest BCUT2D eigenvalue weighted by Crippen LogP contribution is 2.23. The summed E-state index contributed by atoms with van der Waals surface area (Å²) in [5.41, 5.74) is 6.26. The van der Waals surface area contributed by atoms with Crippen molar-refractivity contribution in [2.45, 2.75) is 46.6 Å². The van der Waals surface area contributed by atoms with Crippen molar-refractivity contribution in [3.05, 3.63) is 16.9 Å². The van der Waals surface area contributed by atoms with Gasteiger partial charge in [0.1, 0.15) is 5.69 Å². The molecule has 1 aromatic heterocycles. The molecule has 0 saturated carbocycles. The van der Waals surface area contributed by atoms with Crippen molar-refractivity contribution in [2.24, 2.45) is 17.6 Å². The van der Waals surface area contributed by atoms with Gasteiger partial charge in [0.2, 0.25) is 0 Å². The maximum absolute atomic E-state index is 12.4. The Morgan fingerprint density at radius 1 is 1.42 bits per heavy atom. The molecule has 2 N–H and O–H groups in total. The first-order valence-corrected chi connectivity index (χ1v) is 7.20. The molecule has 0 saturated heterocycles. The summed E-state index contributed by atoms with van der Waals surface area (Å²) in [6, 6.07) is 0.118. The van der Waals surface area contributed by atoms with E-state index in [9.17, 15) is 4.79 Å². The third kappa shape index (κ3) is 4.32. The van der Waals surface area contributed by atoms with E-state index in [0.717, 1.165) is 6.42 Å². The highest BCUT2D eigenvalue weighted by atomic mass is 35.5. The molecule has 1 heterocycles. The molecule has 4 nitrogen and oxygen atoms in total. The number of aromatic nitrogens is 2. The third-order valence-electron chi connectivity index (χ3n) is 3.12. The highest BCUT2D eigenvalue weighted by molar-refractivity contribution is 6.33. The Labute approximate surface area is 120 Å². The first kappa shape index (κ1) is 16.2. The molecule has 1 aromatic rings. The maximum Gasteiger partial charge on any atom is 0.182 e. The SMILES string of the molecule is CC(C)CC(CN)CC(=O)c1c(Cl)cnn1C(C)C. The van der Waals surface area contributed by atoms with Crippen molar-refractivity contribution in [1.82, 2.24) is 9.78 Å². The molecule has 0 aliphatic heterocycles. The van der Waals surface area contributed by atoms with Crippen molar-refractivity contribution in [1.29, 1.82) is 0 Å².